The number of benzene rings is 2. The second kappa shape index (κ2) is 17.2. The Morgan fingerprint density at radius 2 is 1.53 bits per heavy atom. The van der Waals surface area contributed by atoms with Gasteiger partial charge in [0.1, 0.15) is 40.9 Å². The SMILES string of the molecule is CC(C)(C)C(=O)N(c1nn(CC(F)(F)F)c2c(-c3ccc(C#CC(C)(C)S(C)(=O)=O)nc3[C@H](Cc3cc(F)cc(F)c3)NC(=O)Cn3nc(C(F)(F)F)c4c3C(F)(F)[C@@H]3C[C@H]43)ccc(Cl)c12)S(C)(=O)=O. The number of alkyl halides is 8. The fourth-order valence-electron chi connectivity index (χ4n) is 8.11. The lowest BCUT2D eigenvalue weighted by Gasteiger charge is -2.26. The molecule has 0 unspecified atom stereocenters. The molecule has 2 amide bonds. The lowest BCUT2D eigenvalue weighted by molar-refractivity contribution is -0.143. The molecule has 1 N–H and O–H groups in total. The number of sulfone groups is 1. The van der Waals surface area contributed by atoms with Crippen molar-refractivity contribution in [1.29, 1.82) is 0 Å². The van der Waals surface area contributed by atoms with Gasteiger partial charge in [-0.3, -0.25) is 19.0 Å². The average molecular weight is 1050 g/mol. The summed E-state index contributed by atoms with van der Waals surface area (Å²) in [5, 5.41) is 8.86. The minimum absolute atomic E-state index is 0.185. The summed E-state index contributed by atoms with van der Waals surface area (Å²) in [6, 6.07) is 4.95. The second-order valence-electron chi connectivity index (χ2n) is 18.6. The summed E-state index contributed by atoms with van der Waals surface area (Å²) in [6.07, 6.45) is -9.77. The number of pyridine rings is 1. The lowest BCUT2D eigenvalue weighted by atomic mass is 9.93. The minimum Gasteiger partial charge on any atom is -0.346 e. The zero-order valence-electron chi connectivity index (χ0n) is 37.7. The lowest BCUT2D eigenvalue weighted by Crippen LogP contribution is -2.43. The highest BCUT2D eigenvalue weighted by Gasteiger charge is 2.68. The van der Waals surface area contributed by atoms with Gasteiger partial charge in [-0.15, -0.1) is 0 Å². The van der Waals surface area contributed by atoms with Crippen molar-refractivity contribution >= 4 is 60.0 Å². The van der Waals surface area contributed by atoms with Crippen LogP contribution in [0.5, 0.6) is 0 Å². The molecule has 3 aromatic heterocycles. The number of hydrogen-bond donors (Lipinski definition) is 1. The first kappa shape index (κ1) is 52.1. The Kier molecular flexibility index (Phi) is 12.8. The number of amides is 2. The normalized spacial score (nSPS) is 17.4. The molecule has 0 aliphatic heterocycles. The van der Waals surface area contributed by atoms with E-state index in [1.165, 1.54) is 46.8 Å². The van der Waals surface area contributed by atoms with Gasteiger partial charge in [-0.2, -0.15) is 49.6 Å². The van der Waals surface area contributed by atoms with E-state index in [-0.39, 0.29) is 37.8 Å². The van der Waals surface area contributed by atoms with E-state index in [9.17, 15) is 61.5 Å². The number of fused-ring (bicyclic) bond motifs is 4. The first-order valence-corrected chi connectivity index (χ1v) is 24.9. The highest BCUT2D eigenvalue weighted by molar-refractivity contribution is 7.93. The standard InChI is InChI=1S/C44H40ClF10N7O6S2/c1-40(2,3)39(64)62(70(7,67)68)38-33-29(45)11-10-26(35(33)61(59-38)20-42(48,49)50)25-9-8-24(12-13-41(4,5)69(6,65)66)56-34(25)30(16-21-14-22(46)17-23(47)15-21)57-31(63)19-60-37-32(36(58-60)44(53,54)55)27-18-28(27)43(37,51)52/h8-11,14-15,17,27-28,30H,16,18-20H2,1-7H3,(H,57,63)/t27-,28+,30-/m0/s1. The molecule has 0 radical (unpaired) electrons. The van der Waals surface area contributed by atoms with Gasteiger partial charge in [0.15, 0.2) is 21.3 Å². The van der Waals surface area contributed by atoms with Crippen molar-refractivity contribution in [3.05, 3.63) is 93.0 Å². The van der Waals surface area contributed by atoms with Crippen LogP contribution in [0.4, 0.5) is 49.7 Å². The van der Waals surface area contributed by atoms with E-state index in [2.05, 4.69) is 32.3 Å². The van der Waals surface area contributed by atoms with Crippen molar-refractivity contribution < 1.29 is 70.3 Å². The van der Waals surface area contributed by atoms with Crippen LogP contribution in [0.1, 0.15) is 86.9 Å². The Morgan fingerprint density at radius 1 is 0.914 bits per heavy atom. The van der Waals surface area contributed by atoms with Gasteiger partial charge in [0.25, 0.3) is 5.92 Å². The predicted octanol–water partition coefficient (Wildman–Crippen LogP) is 8.63. The average Bonchev–Trinajstić information content (AvgIpc) is 3.70. The van der Waals surface area contributed by atoms with E-state index < -0.39 is 154 Å². The van der Waals surface area contributed by atoms with E-state index in [0.29, 0.717) is 17.0 Å². The highest BCUT2D eigenvalue weighted by atomic mass is 35.5. The van der Waals surface area contributed by atoms with Crippen LogP contribution in [-0.2, 0) is 61.1 Å². The third kappa shape index (κ3) is 10.1. The van der Waals surface area contributed by atoms with Crippen LogP contribution < -0.4 is 9.62 Å². The van der Waals surface area contributed by atoms with Gasteiger partial charge in [0.05, 0.1) is 33.9 Å². The number of nitrogens with one attached hydrogen (secondary N) is 1. The van der Waals surface area contributed by atoms with Crippen molar-refractivity contribution in [2.24, 2.45) is 11.3 Å². The number of rotatable bonds is 11. The van der Waals surface area contributed by atoms with Crippen molar-refractivity contribution in [3.8, 4) is 23.0 Å². The fourth-order valence-corrected chi connectivity index (χ4v) is 9.60. The van der Waals surface area contributed by atoms with Crippen molar-refractivity contribution in [1.82, 2.24) is 29.9 Å². The molecule has 0 spiro atoms. The summed E-state index contributed by atoms with van der Waals surface area (Å²) in [5.74, 6) is -6.95. The summed E-state index contributed by atoms with van der Waals surface area (Å²) in [7, 11) is -8.59. The molecule has 5 aromatic rings. The Bertz CT molecular complexity index is 3280. The number of sulfonamides is 1. The fraction of sp³-hybridized carbons (Fsp3) is 0.432. The van der Waals surface area contributed by atoms with Gasteiger partial charge in [0, 0.05) is 40.3 Å². The molecular formula is C44H40ClF10N7O6S2. The molecular weight excluding hydrogens is 1010 g/mol. The van der Waals surface area contributed by atoms with Crippen LogP contribution >= 0.6 is 11.6 Å². The van der Waals surface area contributed by atoms with Crippen LogP contribution in [0.2, 0.25) is 5.02 Å². The quantitative estimate of drug-likeness (QED) is 0.101. The smallest absolute Gasteiger partial charge is 0.346 e. The van der Waals surface area contributed by atoms with E-state index in [0.717, 1.165) is 30.5 Å². The monoisotopic (exact) mass is 1050 g/mol. The third-order valence-electron chi connectivity index (χ3n) is 11.7. The number of anilines is 1. The van der Waals surface area contributed by atoms with Gasteiger partial charge in [0.2, 0.25) is 21.8 Å². The molecule has 2 aliphatic rings. The number of hydrogen-bond acceptors (Lipinski definition) is 9. The van der Waals surface area contributed by atoms with Gasteiger partial charge in [-0.1, -0.05) is 44.4 Å². The molecule has 2 aromatic carbocycles. The minimum atomic E-state index is -5.21. The zero-order valence-corrected chi connectivity index (χ0v) is 40.1. The van der Waals surface area contributed by atoms with E-state index in [4.69, 9.17) is 11.6 Å². The molecule has 70 heavy (non-hydrogen) atoms. The van der Waals surface area contributed by atoms with Gasteiger partial charge < -0.3 is 5.32 Å². The number of carbonyl (C=O) groups is 2. The summed E-state index contributed by atoms with van der Waals surface area (Å²) < 4.78 is 198. The largest absolute Gasteiger partial charge is 0.435 e. The third-order valence-corrected chi connectivity index (χ3v) is 14.9. The molecule has 13 nitrogen and oxygen atoms in total. The number of carbonyl (C=O) groups excluding carboxylic acids is 2. The molecule has 0 bridgehead atoms. The maximum Gasteiger partial charge on any atom is 0.435 e. The molecule has 2 aliphatic carbocycles. The van der Waals surface area contributed by atoms with Crippen LogP contribution in [0.25, 0.3) is 22.0 Å². The molecule has 376 valence electrons. The molecule has 1 fully saturated rings. The van der Waals surface area contributed by atoms with Crippen LogP contribution in [0, 0.1) is 34.8 Å². The Balaban J connectivity index is 1.50. The summed E-state index contributed by atoms with van der Waals surface area (Å²) in [6.45, 7) is 3.26. The van der Waals surface area contributed by atoms with E-state index in [1.807, 2.05) is 0 Å². The molecule has 3 atom stereocenters. The van der Waals surface area contributed by atoms with Crippen molar-refractivity contribution in [3.63, 3.8) is 0 Å². The van der Waals surface area contributed by atoms with E-state index in [1.54, 1.807) is 0 Å². The molecule has 26 heteroatoms. The zero-order chi connectivity index (χ0) is 52.2. The summed E-state index contributed by atoms with van der Waals surface area (Å²) >= 11 is 6.64. The van der Waals surface area contributed by atoms with Gasteiger partial charge in [-0.25, -0.2) is 30.6 Å². The number of aromatic nitrogens is 5. The first-order valence-electron chi connectivity index (χ1n) is 20.8. The highest BCUT2D eigenvalue weighted by Crippen LogP contribution is 2.68. The van der Waals surface area contributed by atoms with Crippen molar-refractivity contribution in [2.45, 2.75) is 95.5 Å². The summed E-state index contributed by atoms with van der Waals surface area (Å²) in [4.78, 5) is 32.5. The number of nitrogens with zero attached hydrogens (tertiary/aromatic N) is 6. The van der Waals surface area contributed by atoms with Gasteiger partial charge in [-0.05, 0) is 74.4 Å². The predicted molar refractivity (Wildman–Crippen MR) is 235 cm³/mol. The Morgan fingerprint density at radius 3 is 2.09 bits per heavy atom. The molecule has 7 rings (SSSR count). The second-order valence-corrected chi connectivity index (χ2v) is 23.4. The number of halogens is 11. The van der Waals surface area contributed by atoms with Gasteiger partial charge >= 0.3 is 12.4 Å². The van der Waals surface area contributed by atoms with E-state index >= 15 is 8.78 Å². The maximum absolute atomic E-state index is 15.6. The Labute approximate surface area is 398 Å². The molecule has 1 saturated carbocycles. The first-order chi connectivity index (χ1) is 31.9. The summed E-state index contributed by atoms with van der Waals surface area (Å²) in [5.41, 5.74) is -7.15. The topological polar surface area (TPSA) is 166 Å². The van der Waals surface area contributed by atoms with Crippen molar-refractivity contribution in [2.75, 3.05) is 16.8 Å². The molecule has 0 saturated heterocycles. The Hall–Kier alpha value is -5.74. The van der Waals surface area contributed by atoms with Crippen LogP contribution in [-0.4, -0.2) is 76.6 Å². The van der Waals surface area contributed by atoms with Crippen LogP contribution in [0.15, 0.2) is 42.5 Å². The van der Waals surface area contributed by atoms with Crippen LogP contribution in [0.3, 0.4) is 0 Å². The maximum atomic E-state index is 15.6. The molecule has 3 heterocycles.